The van der Waals surface area contributed by atoms with Crippen LogP contribution in [0.1, 0.15) is 11.5 Å². The monoisotopic (exact) mass is 280 g/mol. The summed E-state index contributed by atoms with van der Waals surface area (Å²) in [5, 5.41) is 2.85. The molecule has 0 saturated heterocycles. The SMILES string of the molecule is O=C1Nc2ccccc2C1C=Nc1ccc2c(c1)OCO2. The third-order valence-electron chi connectivity index (χ3n) is 3.57. The molecule has 1 unspecified atom stereocenters. The second kappa shape index (κ2) is 4.63. The van der Waals surface area contributed by atoms with Gasteiger partial charge in [0.15, 0.2) is 11.5 Å². The summed E-state index contributed by atoms with van der Waals surface area (Å²) in [6.45, 7) is 0.237. The zero-order valence-electron chi connectivity index (χ0n) is 11.1. The van der Waals surface area contributed by atoms with Gasteiger partial charge in [-0.25, -0.2) is 0 Å². The van der Waals surface area contributed by atoms with Gasteiger partial charge in [0.25, 0.3) is 0 Å². The average Bonchev–Trinajstić information content (AvgIpc) is 3.08. The van der Waals surface area contributed by atoms with Gasteiger partial charge in [0, 0.05) is 18.0 Å². The number of aliphatic imine (C=N–C) groups is 1. The van der Waals surface area contributed by atoms with Crippen LogP contribution in [0.2, 0.25) is 0 Å². The van der Waals surface area contributed by atoms with Crippen LogP contribution in [0.15, 0.2) is 47.5 Å². The number of rotatable bonds is 2. The second-order valence-electron chi connectivity index (χ2n) is 4.87. The maximum Gasteiger partial charge on any atom is 0.237 e. The number of para-hydroxylation sites is 1. The van der Waals surface area contributed by atoms with Gasteiger partial charge in [-0.05, 0) is 23.8 Å². The number of ether oxygens (including phenoxy) is 2. The lowest BCUT2D eigenvalue weighted by Gasteiger charge is -2.02. The Bertz CT molecular complexity index is 755. The average molecular weight is 280 g/mol. The number of hydrogen-bond acceptors (Lipinski definition) is 4. The molecule has 2 heterocycles. The van der Waals surface area contributed by atoms with Crippen molar-refractivity contribution in [1.29, 1.82) is 0 Å². The fourth-order valence-corrected chi connectivity index (χ4v) is 2.51. The first-order valence-electron chi connectivity index (χ1n) is 6.65. The first-order chi connectivity index (χ1) is 10.3. The lowest BCUT2D eigenvalue weighted by atomic mass is 10.0. The van der Waals surface area contributed by atoms with E-state index in [1.165, 1.54) is 0 Å². The predicted octanol–water partition coefficient (Wildman–Crippen LogP) is 2.85. The van der Waals surface area contributed by atoms with Gasteiger partial charge in [-0.3, -0.25) is 9.79 Å². The fraction of sp³-hybridized carbons (Fsp3) is 0.125. The molecule has 2 aromatic rings. The minimum Gasteiger partial charge on any atom is -0.454 e. The Morgan fingerprint density at radius 3 is 2.95 bits per heavy atom. The number of benzene rings is 2. The third kappa shape index (κ3) is 2.03. The molecule has 2 aliphatic heterocycles. The van der Waals surface area contributed by atoms with E-state index in [1.807, 2.05) is 36.4 Å². The highest BCUT2D eigenvalue weighted by Gasteiger charge is 2.28. The van der Waals surface area contributed by atoms with E-state index >= 15 is 0 Å². The molecule has 1 atom stereocenters. The highest BCUT2D eigenvalue weighted by atomic mass is 16.7. The van der Waals surface area contributed by atoms with Crippen molar-refractivity contribution in [2.45, 2.75) is 5.92 Å². The van der Waals surface area contributed by atoms with Crippen LogP contribution in [0.25, 0.3) is 0 Å². The van der Waals surface area contributed by atoms with Crippen molar-refractivity contribution in [2.75, 3.05) is 12.1 Å². The van der Waals surface area contributed by atoms with E-state index in [9.17, 15) is 4.79 Å². The molecule has 0 bridgehead atoms. The van der Waals surface area contributed by atoms with Crippen molar-refractivity contribution in [1.82, 2.24) is 0 Å². The van der Waals surface area contributed by atoms with Crippen molar-refractivity contribution in [2.24, 2.45) is 4.99 Å². The Morgan fingerprint density at radius 2 is 2.00 bits per heavy atom. The first-order valence-corrected chi connectivity index (χ1v) is 6.65. The molecule has 5 nitrogen and oxygen atoms in total. The number of fused-ring (bicyclic) bond motifs is 2. The molecule has 0 fully saturated rings. The highest BCUT2D eigenvalue weighted by Crippen LogP contribution is 2.36. The zero-order valence-corrected chi connectivity index (χ0v) is 11.1. The van der Waals surface area contributed by atoms with Gasteiger partial charge in [-0.2, -0.15) is 0 Å². The van der Waals surface area contributed by atoms with E-state index in [0.717, 1.165) is 22.7 Å². The van der Waals surface area contributed by atoms with Gasteiger partial charge in [0.05, 0.1) is 5.69 Å². The number of nitrogens with zero attached hydrogens (tertiary/aromatic N) is 1. The number of carbonyl (C=O) groups is 1. The Morgan fingerprint density at radius 1 is 1.14 bits per heavy atom. The molecular weight excluding hydrogens is 268 g/mol. The van der Waals surface area contributed by atoms with E-state index in [0.29, 0.717) is 5.75 Å². The number of hydrogen-bond donors (Lipinski definition) is 1. The quantitative estimate of drug-likeness (QED) is 0.860. The van der Waals surface area contributed by atoms with Gasteiger partial charge in [-0.15, -0.1) is 0 Å². The number of amides is 1. The molecule has 21 heavy (non-hydrogen) atoms. The normalized spacial score (nSPS) is 18.9. The lowest BCUT2D eigenvalue weighted by molar-refractivity contribution is -0.115. The van der Waals surface area contributed by atoms with Gasteiger partial charge < -0.3 is 14.8 Å². The van der Waals surface area contributed by atoms with Crippen molar-refractivity contribution in [3.8, 4) is 11.5 Å². The molecular formula is C16H12N2O3. The van der Waals surface area contributed by atoms with Crippen LogP contribution in [0.4, 0.5) is 11.4 Å². The molecule has 1 amide bonds. The van der Waals surface area contributed by atoms with E-state index < -0.39 is 0 Å². The molecule has 2 aliphatic rings. The molecule has 1 N–H and O–H groups in total. The second-order valence-corrected chi connectivity index (χ2v) is 4.87. The molecule has 104 valence electrons. The van der Waals surface area contributed by atoms with Gasteiger partial charge >= 0.3 is 0 Å². The summed E-state index contributed by atoms with van der Waals surface area (Å²) < 4.78 is 10.6. The zero-order chi connectivity index (χ0) is 14.2. The summed E-state index contributed by atoms with van der Waals surface area (Å²) in [4.78, 5) is 16.4. The number of anilines is 1. The minimum atomic E-state index is -0.355. The fourth-order valence-electron chi connectivity index (χ4n) is 2.51. The first kappa shape index (κ1) is 12.0. The maximum atomic E-state index is 12.0. The Labute approximate surface area is 121 Å². The predicted molar refractivity (Wildman–Crippen MR) is 78.5 cm³/mol. The third-order valence-corrected chi connectivity index (χ3v) is 3.57. The van der Waals surface area contributed by atoms with Crippen molar-refractivity contribution in [3.05, 3.63) is 48.0 Å². The standard InChI is InChI=1S/C16H12N2O3/c19-16-12(11-3-1-2-4-13(11)18-16)8-17-10-5-6-14-15(7-10)21-9-20-14/h1-8,12H,9H2,(H,18,19). The van der Waals surface area contributed by atoms with Crippen LogP contribution < -0.4 is 14.8 Å². The van der Waals surface area contributed by atoms with E-state index in [1.54, 1.807) is 12.3 Å². The van der Waals surface area contributed by atoms with E-state index in [-0.39, 0.29) is 18.6 Å². The Hall–Kier alpha value is -2.82. The number of carbonyl (C=O) groups excluding carboxylic acids is 1. The minimum absolute atomic E-state index is 0.0549. The van der Waals surface area contributed by atoms with Crippen LogP contribution in [0.5, 0.6) is 11.5 Å². The van der Waals surface area contributed by atoms with Crippen LogP contribution in [-0.2, 0) is 4.79 Å². The molecule has 0 radical (unpaired) electrons. The topological polar surface area (TPSA) is 59.9 Å². The summed E-state index contributed by atoms with van der Waals surface area (Å²) in [6.07, 6.45) is 1.67. The van der Waals surface area contributed by atoms with Crippen molar-refractivity contribution >= 4 is 23.5 Å². The lowest BCUT2D eigenvalue weighted by Crippen LogP contribution is -2.12. The van der Waals surface area contributed by atoms with Gasteiger partial charge in [0.2, 0.25) is 12.7 Å². The summed E-state index contributed by atoms with van der Waals surface area (Å²) in [7, 11) is 0. The Balaban J connectivity index is 1.62. The van der Waals surface area contributed by atoms with Crippen molar-refractivity contribution < 1.29 is 14.3 Å². The maximum absolute atomic E-state index is 12.0. The van der Waals surface area contributed by atoms with Gasteiger partial charge in [-0.1, -0.05) is 18.2 Å². The Kier molecular flexibility index (Phi) is 2.64. The molecule has 2 aromatic carbocycles. The van der Waals surface area contributed by atoms with Crippen LogP contribution >= 0.6 is 0 Å². The summed E-state index contributed by atoms with van der Waals surface area (Å²) in [5.74, 6) is 0.992. The number of nitrogens with one attached hydrogen (secondary N) is 1. The summed E-state index contributed by atoms with van der Waals surface area (Å²) in [5.41, 5.74) is 2.54. The van der Waals surface area contributed by atoms with Crippen molar-refractivity contribution in [3.63, 3.8) is 0 Å². The smallest absolute Gasteiger partial charge is 0.237 e. The largest absolute Gasteiger partial charge is 0.454 e. The van der Waals surface area contributed by atoms with E-state index in [2.05, 4.69) is 10.3 Å². The molecule has 5 heteroatoms. The summed E-state index contributed by atoms with van der Waals surface area (Å²) in [6, 6.07) is 13.1. The molecule has 0 aliphatic carbocycles. The molecule has 0 spiro atoms. The molecule has 0 saturated carbocycles. The molecule has 0 aromatic heterocycles. The molecule has 4 rings (SSSR count). The summed E-state index contributed by atoms with van der Waals surface area (Å²) >= 11 is 0. The van der Waals surface area contributed by atoms with Crippen LogP contribution in [0.3, 0.4) is 0 Å². The highest BCUT2D eigenvalue weighted by molar-refractivity contribution is 6.12. The van der Waals surface area contributed by atoms with E-state index in [4.69, 9.17) is 9.47 Å². The van der Waals surface area contributed by atoms with Gasteiger partial charge in [0.1, 0.15) is 5.92 Å². The van der Waals surface area contributed by atoms with Crippen LogP contribution in [0, 0.1) is 0 Å². The van der Waals surface area contributed by atoms with Crippen LogP contribution in [-0.4, -0.2) is 18.9 Å².